The molecule has 0 saturated carbocycles. The van der Waals surface area contributed by atoms with Crippen molar-refractivity contribution in [2.45, 2.75) is 36.3 Å². The summed E-state index contributed by atoms with van der Waals surface area (Å²) in [5, 5.41) is 12.0. The quantitative estimate of drug-likeness (QED) is 0.604. The SMILES string of the molecule is CCn1c(SC(C(=O)N2CC[C@H](O)C2)c2ccccc2)cc2ccc(Cl)cc2c1=O. The van der Waals surface area contributed by atoms with Gasteiger partial charge in [0.2, 0.25) is 5.91 Å². The zero-order valence-electron chi connectivity index (χ0n) is 16.6. The van der Waals surface area contributed by atoms with Crippen molar-refractivity contribution in [3.63, 3.8) is 0 Å². The van der Waals surface area contributed by atoms with Gasteiger partial charge in [-0.2, -0.15) is 0 Å². The van der Waals surface area contributed by atoms with Gasteiger partial charge >= 0.3 is 0 Å². The standard InChI is InChI=1S/C23H23ClN2O3S/c1-2-26-20(12-16-8-9-17(24)13-19(16)22(26)28)30-21(15-6-4-3-5-7-15)23(29)25-11-10-18(27)14-25/h3-9,12-13,18,21,27H,2,10-11,14H2,1H3/t18-,21?/m0/s1. The molecule has 4 rings (SSSR count). The Morgan fingerprint density at radius 3 is 2.67 bits per heavy atom. The highest BCUT2D eigenvalue weighted by Gasteiger charge is 2.32. The van der Waals surface area contributed by atoms with E-state index in [0.717, 1.165) is 16.0 Å². The second kappa shape index (κ2) is 8.84. The van der Waals surface area contributed by atoms with Crippen LogP contribution in [-0.4, -0.2) is 39.7 Å². The van der Waals surface area contributed by atoms with Crippen molar-refractivity contribution in [2.24, 2.45) is 0 Å². The molecule has 2 atom stereocenters. The Morgan fingerprint density at radius 2 is 2.00 bits per heavy atom. The minimum absolute atomic E-state index is 0.0472. The molecule has 1 aromatic heterocycles. The number of halogens is 1. The lowest BCUT2D eigenvalue weighted by atomic mass is 10.1. The Labute approximate surface area is 184 Å². The summed E-state index contributed by atoms with van der Waals surface area (Å²) in [7, 11) is 0. The van der Waals surface area contributed by atoms with Crippen molar-refractivity contribution >= 4 is 40.0 Å². The predicted octanol–water partition coefficient (Wildman–Crippen LogP) is 4.10. The molecule has 1 aliphatic rings. The molecule has 1 saturated heterocycles. The number of likely N-dealkylation sites (tertiary alicyclic amines) is 1. The van der Waals surface area contributed by atoms with Crippen molar-refractivity contribution in [3.05, 3.63) is 75.5 Å². The number of carbonyl (C=O) groups is 1. The number of rotatable bonds is 5. The third-order valence-corrected chi connectivity index (χ3v) is 6.92. The number of aliphatic hydroxyl groups excluding tert-OH is 1. The van der Waals surface area contributed by atoms with Gasteiger partial charge in [0.25, 0.3) is 5.56 Å². The van der Waals surface area contributed by atoms with Gasteiger partial charge in [0.15, 0.2) is 0 Å². The first-order valence-electron chi connectivity index (χ1n) is 9.99. The fraction of sp³-hybridized carbons (Fsp3) is 0.304. The van der Waals surface area contributed by atoms with Gasteiger partial charge in [-0.05, 0) is 42.5 Å². The van der Waals surface area contributed by atoms with Gasteiger partial charge < -0.3 is 14.6 Å². The smallest absolute Gasteiger partial charge is 0.259 e. The minimum Gasteiger partial charge on any atom is -0.391 e. The van der Waals surface area contributed by atoms with Crippen molar-refractivity contribution in [3.8, 4) is 0 Å². The predicted molar refractivity (Wildman–Crippen MR) is 121 cm³/mol. The molecule has 0 spiro atoms. The van der Waals surface area contributed by atoms with E-state index >= 15 is 0 Å². The van der Waals surface area contributed by atoms with Crippen LogP contribution in [0, 0.1) is 0 Å². The maximum Gasteiger partial charge on any atom is 0.259 e. The van der Waals surface area contributed by atoms with E-state index in [4.69, 9.17) is 11.6 Å². The Kier molecular flexibility index (Phi) is 6.18. The van der Waals surface area contributed by atoms with E-state index in [9.17, 15) is 14.7 Å². The third kappa shape index (κ3) is 4.13. The van der Waals surface area contributed by atoms with Crippen LogP contribution in [0.25, 0.3) is 10.8 Å². The van der Waals surface area contributed by atoms with E-state index in [1.165, 1.54) is 11.8 Å². The Morgan fingerprint density at radius 1 is 1.23 bits per heavy atom. The summed E-state index contributed by atoms with van der Waals surface area (Å²) in [5.41, 5.74) is 0.760. The van der Waals surface area contributed by atoms with Crippen LogP contribution in [0.5, 0.6) is 0 Å². The number of aliphatic hydroxyl groups is 1. The molecule has 1 aliphatic heterocycles. The van der Waals surface area contributed by atoms with Crippen LogP contribution in [0.2, 0.25) is 5.02 Å². The van der Waals surface area contributed by atoms with E-state index in [2.05, 4.69) is 0 Å². The van der Waals surface area contributed by atoms with Crippen LogP contribution < -0.4 is 5.56 Å². The Hall–Kier alpha value is -2.28. The summed E-state index contributed by atoms with van der Waals surface area (Å²) >= 11 is 7.47. The number of pyridine rings is 1. The average Bonchev–Trinajstić information content (AvgIpc) is 3.19. The van der Waals surface area contributed by atoms with Crippen LogP contribution in [0.4, 0.5) is 0 Å². The fourth-order valence-corrected chi connectivity index (χ4v) is 5.30. The van der Waals surface area contributed by atoms with Gasteiger partial charge in [0.1, 0.15) is 5.25 Å². The molecular weight excluding hydrogens is 420 g/mol. The zero-order chi connectivity index (χ0) is 21.3. The van der Waals surface area contributed by atoms with Crippen LogP contribution in [0.15, 0.2) is 64.4 Å². The third-order valence-electron chi connectivity index (χ3n) is 5.39. The second-order valence-electron chi connectivity index (χ2n) is 7.40. The highest BCUT2D eigenvalue weighted by atomic mass is 35.5. The lowest BCUT2D eigenvalue weighted by molar-refractivity contribution is -0.130. The molecule has 5 nitrogen and oxygen atoms in total. The second-order valence-corrected chi connectivity index (χ2v) is 8.96. The van der Waals surface area contributed by atoms with Gasteiger partial charge in [0, 0.05) is 30.0 Å². The van der Waals surface area contributed by atoms with Crippen LogP contribution >= 0.6 is 23.4 Å². The molecular formula is C23H23ClN2O3S. The number of hydrogen-bond donors (Lipinski definition) is 1. The molecule has 30 heavy (non-hydrogen) atoms. The molecule has 2 aromatic carbocycles. The molecule has 0 bridgehead atoms. The molecule has 156 valence electrons. The normalized spacial score (nSPS) is 17.4. The molecule has 0 aliphatic carbocycles. The summed E-state index contributed by atoms with van der Waals surface area (Å²) in [4.78, 5) is 28.2. The molecule has 1 N–H and O–H groups in total. The van der Waals surface area contributed by atoms with Crippen LogP contribution in [0.3, 0.4) is 0 Å². The van der Waals surface area contributed by atoms with Gasteiger partial charge in [-0.15, -0.1) is 0 Å². The summed E-state index contributed by atoms with van der Waals surface area (Å²) in [6.07, 6.45) is 0.114. The Balaban J connectivity index is 1.78. The van der Waals surface area contributed by atoms with Crippen molar-refractivity contribution < 1.29 is 9.90 Å². The first-order valence-corrected chi connectivity index (χ1v) is 11.2. The van der Waals surface area contributed by atoms with E-state index < -0.39 is 11.4 Å². The van der Waals surface area contributed by atoms with Crippen LogP contribution in [-0.2, 0) is 11.3 Å². The number of nitrogens with zero attached hydrogens (tertiary/aromatic N) is 2. The van der Waals surface area contributed by atoms with Crippen molar-refractivity contribution in [1.29, 1.82) is 0 Å². The zero-order valence-corrected chi connectivity index (χ0v) is 18.2. The van der Waals surface area contributed by atoms with E-state index in [0.29, 0.717) is 36.5 Å². The van der Waals surface area contributed by atoms with Gasteiger partial charge in [-0.3, -0.25) is 9.59 Å². The first kappa shape index (κ1) is 21.0. The summed E-state index contributed by atoms with van der Waals surface area (Å²) < 4.78 is 1.69. The average molecular weight is 443 g/mol. The number of benzene rings is 2. The largest absolute Gasteiger partial charge is 0.391 e. The molecule has 1 fully saturated rings. The first-order chi connectivity index (χ1) is 14.5. The minimum atomic E-state index is -0.501. The number of thioether (sulfide) groups is 1. The van der Waals surface area contributed by atoms with E-state index in [1.807, 2.05) is 49.4 Å². The van der Waals surface area contributed by atoms with Gasteiger partial charge in [0.05, 0.1) is 11.1 Å². The number of β-amino-alcohol motifs (C(OH)–C–C–N with tert-alkyl or cyclic N) is 1. The van der Waals surface area contributed by atoms with Crippen molar-refractivity contribution in [2.75, 3.05) is 13.1 Å². The summed E-state index contributed by atoms with van der Waals surface area (Å²) in [6, 6.07) is 16.8. The number of amides is 1. The van der Waals surface area contributed by atoms with Gasteiger partial charge in [-0.25, -0.2) is 0 Å². The summed E-state index contributed by atoms with van der Waals surface area (Å²) in [6.45, 7) is 3.29. The summed E-state index contributed by atoms with van der Waals surface area (Å²) in [5.74, 6) is -0.0472. The maximum atomic E-state index is 13.4. The van der Waals surface area contributed by atoms with E-state index in [1.54, 1.807) is 21.6 Å². The molecule has 0 radical (unpaired) electrons. The van der Waals surface area contributed by atoms with Gasteiger partial charge in [-0.1, -0.05) is 59.8 Å². The molecule has 2 heterocycles. The monoisotopic (exact) mass is 442 g/mol. The molecule has 1 amide bonds. The van der Waals surface area contributed by atoms with Crippen molar-refractivity contribution in [1.82, 2.24) is 9.47 Å². The molecule has 7 heteroatoms. The highest BCUT2D eigenvalue weighted by Crippen LogP contribution is 2.38. The molecule has 3 aromatic rings. The van der Waals surface area contributed by atoms with Crippen LogP contribution in [0.1, 0.15) is 24.2 Å². The van der Waals surface area contributed by atoms with E-state index in [-0.39, 0.29) is 11.5 Å². The maximum absolute atomic E-state index is 13.4. The molecule has 1 unspecified atom stereocenters. The number of carbonyl (C=O) groups excluding carboxylic acids is 1. The number of aromatic nitrogens is 1. The lowest BCUT2D eigenvalue weighted by Crippen LogP contribution is -2.33. The number of hydrogen-bond acceptors (Lipinski definition) is 4. The Bertz CT molecular complexity index is 1130. The topological polar surface area (TPSA) is 62.5 Å². The number of fused-ring (bicyclic) bond motifs is 1. The fourth-order valence-electron chi connectivity index (χ4n) is 3.81. The highest BCUT2D eigenvalue weighted by molar-refractivity contribution is 8.00. The lowest BCUT2D eigenvalue weighted by Gasteiger charge is -2.24.